The molecule has 0 radical (unpaired) electrons. The first-order valence-corrected chi connectivity index (χ1v) is 15.9. The maximum Gasteiger partial charge on any atom is 0.223 e. The normalized spacial score (nSPS) is 17.7. The van der Waals surface area contributed by atoms with Gasteiger partial charge in [-0.3, -0.25) is 4.98 Å². The number of hydrogen-bond donors (Lipinski definition) is 1. The predicted octanol–water partition coefficient (Wildman–Crippen LogP) is 6.61. The lowest BCUT2D eigenvalue weighted by Gasteiger charge is -2.33. The largest absolute Gasteiger partial charge is 0.351 e. The summed E-state index contributed by atoms with van der Waals surface area (Å²) >= 11 is 5.94. The molecule has 2 aromatic heterocycles. The molecule has 1 aliphatic rings. The molecule has 7 nitrogen and oxygen atoms in total. The molecule has 41 heavy (non-hydrogen) atoms. The van der Waals surface area contributed by atoms with Crippen molar-refractivity contribution in [1.82, 2.24) is 19.9 Å². The number of benzene rings is 2. The highest BCUT2D eigenvalue weighted by atomic mass is 35.5. The summed E-state index contributed by atoms with van der Waals surface area (Å²) in [6.07, 6.45) is 7.19. The van der Waals surface area contributed by atoms with Gasteiger partial charge in [0.2, 0.25) is 5.95 Å². The second-order valence-electron chi connectivity index (χ2n) is 11.0. The molecule has 216 valence electrons. The van der Waals surface area contributed by atoms with E-state index in [1.165, 1.54) is 25.0 Å². The number of aryl methyl sites for hydroxylation is 2. The van der Waals surface area contributed by atoms with Crippen LogP contribution in [0.5, 0.6) is 0 Å². The quantitative estimate of drug-likeness (QED) is 0.245. The molecule has 5 rings (SSSR count). The van der Waals surface area contributed by atoms with Crippen molar-refractivity contribution in [3.63, 3.8) is 0 Å². The number of sulfone groups is 1. The van der Waals surface area contributed by atoms with E-state index in [1.54, 1.807) is 6.07 Å². The van der Waals surface area contributed by atoms with Gasteiger partial charge in [-0.05, 0) is 94.6 Å². The fourth-order valence-electron chi connectivity index (χ4n) is 5.63. The Kier molecular flexibility index (Phi) is 8.59. The zero-order valence-corrected chi connectivity index (χ0v) is 25.4. The van der Waals surface area contributed by atoms with Crippen molar-refractivity contribution in [2.24, 2.45) is 0 Å². The molecule has 0 spiro atoms. The van der Waals surface area contributed by atoms with E-state index in [2.05, 4.69) is 47.3 Å². The first kappa shape index (κ1) is 29.4. The number of fused-ring (bicyclic) bond motifs is 1. The molecule has 0 aliphatic heterocycles. The Bertz CT molecular complexity index is 1690. The summed E-state index contributed by atoms with van der Waals surface area (Å²) in [4.78, 5) is 16.2. The minimum atomic E-state index is -3.88. The summed E-state index contributed by atoms with van der Waals surface area (Å²) in [5.41, 5.74) is 4.94. The van der Waals surface area contributed by atoms with Gasteiger partial charge in [-0.1, -0.05) is 30.7 Å². The van der Waals surface area contributed by atoms with E-state index in [4.69, 9.17) is 16.6 Å². The number of pyridine rings is 1. The molecule has 2 heterocycles. The SMILES string of the molecule is CCc1cc(-c2ccc(CS(=O)(=O)c3cccc(F)c3Cl)nc2C)cc2cnc(NC3CCC(N(C)C)CC3)nc12. The van der Waals surface area contributed by atoms with Crippen molar-refractivity contribution >= 4 is 38.3 Å². The van der Waals surface area contributed by atoms with Gasteiger partial charge < -0.3 is 10.2 Å². The number of aromatic nitrogens is 3. The van der Waals surface area contributed by atoms with Gasteiger partial charge in [0.15, 0.2) is 9.84 Å². The Hall–Kier alpha value is -3.14. The third-order valence-corrected chi connectivity index (χ3v) is 10.1. The number of anilines is 1. The Balaban J connectivity index is 1.38. The van der Waals surface area contributed by atoms with E-state index < -0.39 is 20.7 Å². The molecule has 2 aromatic carbocycles. The van der Waals surface area contributed by atoms with Crippen LogP contribution in [0, 0.1) is 12.7 Å². The highest BCUT2D eigenvalue weighted by Crippen LogP contribution is 2.31. The van der Waals surface area contributed by atoms with Crippen LogP contribution in [-0.2, 0) is 22.0 Å². The summed E-state index contributed by atoms with van der Waals surface area (Å²) in [5.74, 6) is -0.486. The number of hydrogen-bond acceptors (Lipinski definition) is 7. The van der Waals surface area contributed by atoms with Gasteiger partial charge in [-0.2, -0.15) is 0 Å². The van der Waals surface area contributed by atoms with Crippen LogP contribution in [-0.4, -0.2) is 54.4 Å². The summed E-state index contributed by atoms with van der Waals surface area (Å²) < 4.78 is 39.8. The molecule has 4 aromatic rings. The van der Waals surface area contributed by atoms with Gasteiger partial charge in [-0.15, -0.1) is 0 Å². The summed E-state index contributed by atoms with van der Waals surface area (Å²) in [5, 5.41) is 4.09. The molecule has 1 fully saturated rings. The van der Waals surface area contributed by atoms with Crippen molar-refractivity contribution in [3.05, 3.63) is 76.5 Å². The molecule has 1 aliphatic carbocycles. The summed E-state index contributed by atoms with van der Waals surface area (Å²) in [6, 6.07) is 12.5. The molecule has 0 saturated heterocycles. The number of halogens is 2. The lowest BCUT2D eigenvalue weighted by atomic mass is 9.90. The smallest absolute Gasteiger partial charge is 0.223 e. The fraction of sp³-hybridized carbons (Fsp3) is 0.387. The van der Waals surface area contributed by atoms with Crippen molar-refractivity contribution in [3.8, 4) is 11.1 Å². The molecular formula is C31H35ClFN5O2S. The molecule has 0 bridgehead atoms. The van der Waals surface area contributed by atoms with Crippen molar-refractivity contribution in [1.29, 1.82) is 0 Å². The van der Waals surface area contributed by atoms with E-state index in [-0.39, 0.29) is 10.6 Å². The van der Waals surface area contributed by atoms with E-state index in [9.17, 15) is 12.8 Å². The Morgan fingerprint density at radius 2 is 1.83 bits per heavy atom. The van der Waals surface area contributed by atoms with Crippen molar-refractivity contribution < 1.29 is 12.8 Å². The Labute approximate surface area is 246 Å². The zero-order valence-electron chi connectivity index (χ0n) is 23.8. The van der Waals surface area contributed by atoms with Gasteiger partial charge in [0.1, 0.15) is 5.82 Å². The highest BCUT2D eigenvalue weighted by molar-refractivity contribution is 7.90. The van der Waals surface area contributed by atoms with Gasteiger partial charge in [0.05, 0.1) is 26.9 Å². The molecule has 1 N–H and O–H groups in total. The maximum absolute atomic E-state index is 13.9. The van der Waals surface area contributed by atoms with Crippen LogP contribution < -0.4 is 5.32 Å². The predicted molar refractivity (Wildman–Crippen MR) is 163 cm³/mol. The Morgan fingerprint density at radius 3 is 2.51 bits per heavy atom. The summed E-state index contributed by atoms with van der Waals surface area (Å²) in [6.45, 7) is 3.96. The van der Waals surface area contributed by atoms with Gasteiger partial charge in [0.25, 0.3) is 0 Å². The lowest BCUT2D eigenvalue weighted by molar-refractivity contribution is 0.221. The molecular weight excluding hydrogens is 561 g/mol. The molecule has 0 atom stereocenters. The first-order chi connectivity index (χ1) is 19.6. The van der Waals surface area contributed by atoms with Crippen molar-refractivity contribution in [2.45, 2.75) is 68.7 Å². The average Bonchev–Trinajstić information content (AvgIpc) is 2.94. The van der Waals surface area contributed by atoms with E-state index in [0.29, 0.717) is 29.4 Å². The maximum atomic E-state index is 13.9. The van der Waals surface area contributed by atoms with Gasteiger partial charge in [0, 0.05) is 34.9 Å². The average molecular weight is 596 g/mol. The van der Waals surface area contributed by atoms with Gasteiger partial charge in [-0.25, -0.2) is 22.8 Å². The zero-order chi connectivity index (χ0) is 29.3. The third kappa shape index (κ3) is 6.37. The fourth-order valence-corrected chi connectivity index (χ4v) is 7.47. The van der Waals surface area contributed by atoms with Crippen LogP contribution in [0.25, 0.3) is 22.0 Å². The number of rotatable bonds is 8. The van der Waals surface area contributed by atoms with E-state index in [1.807, 2.05) is 25.3 Å². The second kappa shape index (κ2) is 12.0. The minimum absolute atomic E-state index is 0.236. The minimum Gasteiger partial charge on any atom is -0.351 e. The van der Waals surface area contributed by atoms with Crippen LogP contribution in [0.15, 0.2) is 53.6 Å². The monoisotopic (exact) mass is 595 g/mol. The van der Waals surface area contributed by atoms with E-state index >= 15 is 0 Å². The van der Waals surface area contributed by atoms with Crippen LogP contribution in [0.4, 0.5) is 10.3 Å². The van der Waals surface area contributed by atoms with Crippen LogP contribution >= 0.6 is 11.6 Å². The third-order valence-electron chi connectivity index (χ3n) is 7.95. The standard InChI is InChI=1S/C31H35ClFN5O2S/c1-5-20-15-21(16-22-17-34-31(37-30(20)22)36-23-9-12-25(13-10-23)38(3)4)26-14-11-24(35-19(26)2)18-41(39,40)28-8-6-7-27(33)29(28)32/h6-8,11,14-17,23,25H,5,9-10,12-13,18H2,1-4H3,(H,34,36,37). The van der Waals surface area contributed by atoms with Crippen LogP contribution in [0.2, 0.25) is 5.02 Å². The second-order valence-corrected chi connectivity index (χ2v) is 13.3. The van der Waals surface area contributed by atoms with Crippen LogP contribution in [0.1, 0.15) is 49.6 Å². The Morgan fingerprint density at radius 1 is 1.07 bits per heavy atom. The van der Waals surface area contributed by atoms with Gasteiger partial charge >= 0.3 is 0 Å². The molecule has 0 amide bonds. The van der Waals surface area contributed by atoms with Crippen LogP contribution in [0.3, 0.4) is 0 Å². The number of nitrogens with one attached hydrogen (secondary N) is 1. The topological polar surface area (TPSA) is 88.1 Å². The summed E-state index contributed by atoms with van der Waals surface area (Å²) in [7, 11) is 0.412. The van der Waals surface area contributed by atoms with E-state index in [0.717, 1.165) is 52.9 Å². The highest BCUT2D eigenvalue weighted by Gasteiger charge is 2.24. The molecule has 1 saturated carbocycles. The first-order valence-electron chi connectivity index (χ1n) is 13.9. The number of nitrogens with zero attached hydrogens (tertiary/aromatic N) is 4. The molecule has 0 unspecified atom stereocenters. The van der Waals surface area contributed by atoms with Crippen molar-refractivity contribution in [2.75, 3.05) is 19.4 Å². The lowest BCUT2D eigenvalue weighted by Crippen LogP contribution is -2.36. The molecule has 10 heteroatoms.